The number of fused-ring (bicyclic) bond motifs is 1. The van der Waals surface area contributed by atoms with Gasteiger partial charge in [-0.25, -0.2) is 0 Å². The van der Waals surface area contributed by atoms with Gasteiger partial charge in [0, 0.05) is 15.6 Å². The first-order valence-electron chi connectivity index (χ1n) is 7.38. The first kappa shape index (κ1) is 16.7. The second-order valence-corrected chi connectivity index (χ2v) is 12.8. The monoisotopic (exact) mass is 368 g/mol. The van der Waals surface area contributed by atoms with Gasteiger partial charge in [-0.05, 0) is 43.3 Å². The van der Waals surface area contributed by atoms with Crippen molar-refractivity contribution in [1.82, 2.24) is 9.78 Å². The van der Waals surface area contributed by atoms with Crippen LogP contribution >= 0.6 is 15.9 Å². The van der Waals surface area contributed by atoms with Gasteiger partial charge in [0.15, 0.2) is 8.32 Å². The fourth-order valence-corrected chi connectivity index (χ4v) is 3.45. The number of benzene rings is 1. The summed E-state index contributed by atoms with van der Waals surface area (Å²) >= 11 is 3.52. The van der Waals surface area contributed by atoms with Crippen molar-refractivity contribution in [3.05, 3.63) is 28.4 Å². The minimum absolute atomic E-state index is 0.252. The summed E-state index contributed by atoms with van der Waals surface area (Å²) in [7, 11) is -1.67. The Balaban J connectivity index is 2.09. The number of hydrogen-bond acceptors (Lipinski definition) is 2. The van der Waals surface area contributed by atoms with Gasteiger partial charge in [-0.15, -0.1) is 0 Å². The van der Waals surface area contributed by atoms with E-state index in [-0.39, 0.29) is 5.04 Å². The van der Waals surface area contributed by atoms with E-state index in [1.54, 1.807) is 0 Å². The van der Waals surface area contributed by atoms with Crippen molar-refractivity contribution in [2.24, 2.45) is 0 Å². The minimum Gasteiger partial charge on any atom is -0.415 e. The summed E-state index contributed by atoms with van der Waals surface area (Å²) in [4.78, 5) is 0. The Kier molecular flexibility index (Phi) is 4.66. The van der Waals surface area contributed by atoms with Crippen molar-refractivity contribution in [2.45, 2.75) is 52.4 Å². The molecule has 0 bridgehead atoms. The smallest absolute Gasteiger partial charge is 0.192 e. The van der Waals surface area contributed by atoms with Crippen LogP contribution in [0.2, 0.25) is 18.1 Å². The van der Waals surface area contributed by atoms with Crippen LogP contribution in [0.3, 0.4) is 0 Å². The fourth-order valence-electron chi connectivity index (χ4n) is 2.05. The van der Waals surface area contributed by atoms with Gasteiger partial charge in [0.1, 0.15) is 0 Å². The zero-order valence-corrected chi connectivity index (χ0v) is 16.4. The van der Waals surface area contributed by atoms with Crippen LogP contribution in [-0.2, 0) is 11.0 Å². The summed E-state index contributed by atoms with van der Waals surface area (Å²) in [6.45, 7) is 15.0. The molecule has 0 aliphatic rings. The summed E-state index contributed by atoms with van der Waals surface area (Å²) in [5.74, 6) is 0. The second kappa shape index (κ2) is 5.86. The maximum atomic E-state index is 6.24. The topological polar surface area (TPSA) is 27.1 Å². The SMILES string of the molecule is Cc1c2cc(Br)ccc2nn1CCO[Si](C)(C)C(C)(C)C. The minimum atomic E-state index is -1.67. The Hall–Kier alpha value is -0.653. The number of rotatable bonds is 4. The molecule has 1 aromatic heterocycles. The molecule has 0 aliphatic heterocycles. The Morgan fingerprint density at radius 3 is 2.57 bits per heavy atom. The molecule has 2 aromatic rings. The molecule has 1 heterocycles. The Bertz CT molecular complexity index is 643. The first-order chi connectivity index (χ1) is 9.62. The molecule has 0 saturated carbocycles. The van der Waals surface area contributed by atoms with Gasteiger partial charge < -0.3 is 4.43 Å². The van der Waals surface area contributed by atoms with Crippen LogP contribution in [0, 0.1) is 6.92 Å². The first-order valence-corrected chi connectivity index (χ1v) is 11.1. The summed E-state index contributed by atoms with van der Waals surface area (Å²) in [5, 5.41) is 6.12. The summed E-state index contributed by atoms with van der Waals surface area (Å²) in [6, 6.07) is 6.21. The maximum Gasteiger partial charge on any atom is 0.192 e. The van der Waals surface area contributed by atoms with Crippen LogP contribution in [0.15, 0.2) is 22.7 Å². The van der Waals surface area contributed by atoms with Crippen molar-refractivity contribution >= 4 is 35.2 Å². The Morgan fingerprint density at radius 2 is 1.95 bits per heavy atom. The highest BCUT2D eigenvalue weighted by molar-refractivity contribution is 9.10. The maximum absolute atomic E-state index is 6.24. The normalized spacial score (nSPS) is 13.1. The lowest BCUT2D eigenvalue weighted by atomic mass is 10.2. The van der Waals surface area contributed by atoms with Gasteiger partial charge in [-0.3, -0.25) is 4.68 Å². The van der Waals surface area contributed by atoms with Crippen LogP contribution < -0.4 is 0 Å². The zero-order chi connectivity index (χ0) is 15.8. The third-order valence-corrected chi connectivity index (χ3v) is 9.57. The van der Waals surface area contributed by atoms with E-state index in [0.29, 0.717) is 0 Å². The molecule has 5 heteroatoms. The van der Waals surface area contributed by atoms with Gasteiger partial charge >= 0.3 is 0 Å². The molecule has 0 saturated heterocycles. The van der Waals surface area contributed by atoms with E-state index < -0.39 is 8.32 Å². The van der Waals surface area contributed by atoms with E-state index in [9.17, 15) is 0 Å². The zero-order valence-electron chi connectivity index (χ0n) is 13.8. The number of halogens is 1. The molecule has 0 atom stereocenters. The van der Waals surface area contributed by atoms with E-state index >= 15 is 0 Å². The molecule has 0 fully saturated rings. The van der Waals surface area contributed by atoms with Crippen LogP contribution in [-0.4, -0.2) is 24.7 Å². The molecule has 2 rings (SSSR count). The molecule has 3 nitrogen and oxygen atoms in total. The molecule has 1 aromatic carbocycles. The van der Waals surface area contributed by atoms with Crippen LogP contribution in [0.25, 0.3) is 10.9 Å². The van der Waals surface area contributed by atoms with Gasteiger partial charge in [-0.1, -0.05) is 36.7 Å². The van der Waals surface area contributed by atoms with E-state index in [0.717, 1.165) is 23.1 Å². The molecule has 116 valence electrons. The van der Waals surface area contributed by atoms with Crippen molar-refractivity contribution in [1.29, 1.82) is 0 Å². The Morgan fingerprint density at radius 1 is 1.29 bits per heavy atom. The lowest BCUT2D eigenvalue weighted by Gasteiger charge is -2.36. The highest BCUT2D eigenvalue weighted by Crippen LogP contribution is 2.36. The highest BCUT2D eigenvalue weighted by Gasteiger charge is 2.36. The van der Waals surface area contributed by atoms with Gasteiger partial charge in [0.2, 0.25) is 0 Å². The lowest BCUT2D eigenvalue weighted by molar-refractivity contribution is 0.265. The molecule has 0 unspecified atom stereocenters. The van der Waals surface area contributed by atoms with Gasteiger partial charge in [0.05, 0.1) is 18.7 Å². The molecular formula is C16H25BrN2OSi. The van der Waals surface area contributed by atoms with Crippen LogP contribution in [0.1, 0.15) is 26.5 Å². The molecule has 0 amide bonds. The van der Waals surface area contributed by atoms with Crippen molar-refractivity contribution in [3.63, 3.8) is 0 Å². The Labute approximate surface area is 136 Å². The average molecular weight is 369 g/mol. The third-order valence-electron chi connectivity index (χ3n) is 4.54. The van der Waals surface area contributed by atoms with E-state index in [1.165, 1.54) is 11.1 Å². The molecule has 0 spiro atoms. The van der Waals surface area contributed by atoms with Crippen LogP contribution in [0.5, 0.6) is 0 Å². The lowest BCUT2D eigenvalue weighted by Crippen LogP contribution is -2.41. The number of nitrogens with zero attached hydrogens (tertiary/aromatic N) is 2. The van der Waals surface area contributed by atoms with E-state index in [2.05, 4.69) is 78.6 Å². The summed E-state index contributed by atoms with van der Waals surface area (Å²) < 4.78 is 9.39. The predicted octanol–water partition coefficient (Wildman–Crippen LogP) is 5.13. The largest absolute Gasteiger partial charge is 0.415 e. The van der Waals surface area contributed by atoms with Crippen LogP contribution in [0.4, 0.5) is 0 Å². The fraction of sp³-hybridized carbons (Fsp3) is 0.562. The highest BCUT2D eigenvalue weighted by atomic mass is 79.9. The third kappa shape index (κ3) is 3.58. The number of aromatic nitrogens is 2. The second-order valence-electron chi connectivity index (χ2n) is 7.08. The van der Waals surface area contributed by atoms with E-state index in [4.69, 9.17) is 4.43 Å². The van der Waals surface area contributed by atoms with Gasteiger partial charge in [0.25, 0.3) is 0 Å². The van der Waals surface area contributed by atoms with Crippen molar-refractivity contribution in [3.8, 4) is 0 Å². The average Bonchev–Trinajstić information content (AvgIpc) is 2.65. The van der Waals surface area contributed by atoms with Crippen molar-refractivity contribution in [2.75, 3.05) is 6.61 Å². The summed E-state index contributed by atoms with van der Waals surface area (Å²) in [6.07, 6.45) is 0. The quantitative estimate of drug-likeness (QED) is 0.699. The molecule has 0 radical (unpaired) electrons. The van der Waals surface area contributed by atoms with E-state index in [1.807, 2.05) is 6.07 Å². The number of hydrogen-bond donors (Lipinski definition) is 0. The molecule has 0 aliphatic carbocycles. The standard InChI is InChI=1S/C16H25BrN2OSi/c1-12-14-11-13(17)7-8-15(14)18-19(12)9-10-20-21(5,6)16(2,3)4/h7-8,11H,9-10H2,1-6H3. The molecule has 0 N–H and O–H groups in total. The molecular weight excluding hydrogens is 344 g/mol. The molecule has 21 heavy (non-hydrogen) atoms. The predicted molar refractivity (Wildman–Crippen MR) is 95.3 cm³/mol. The van der Waals surface area contributed by atoms with Gasteiger partial charge in [-0.2, -0.15) is 5.10 Å². The van der Waals surface area contributed by atoms with Crippen molar-refractivity contribution < 1.29 is 4.43 Å². The summed E-state index contributed by atoms with van der Waals surface area (Å²) in [5.41, 5.74) is 2.24. The number of aryl methyl sites for hydroxylation is 1.